The molecule has 1 aliphatic carbocycles. The summed E-state index contributed by atoms with van der Waals surface area (Å²) in [5, 5.41) is 14.3. The van der Waals surface area contributed by atoms with Gasteiger partial charge >= 0.3 is 12.0 Å². The Morgan fingerprint density at radius 1 is 1.33 bits per heavy atom. The molecule has 0 unspecified atom stereocenters. The second-order valence-corrected chi connectivity index (χ2v) is 5.59. The number of amides is 2. The molecule has 0 radical (unpaired) electrons. The highest BCUT2D eigenvalue weighted by Crippen LogP contribution is 2.42. The first-order valence-corrected chi connectivity index (χ1v) is 6.67. The summed E-state index contributed by atoms with van der Waals surface area (Å²) in [6, 6.07) is -1.21. The van der Waals surface area contributed by atoms with Crippen LogP contribution in [-0.4, -0.2) is 29.7 Å². The Hall–Kier alpha value is -1.26. The number of nitrogens with one attached hydrogen (secondary N) is 2. The molecule has 104 valence electrons. The van der Waals surface area contributed by atoms with Crippen molar-refractivity contribution in [3.05, 3.63) is 0 Å². The van der Waals surface area contributed by atoms with Crippen molar-refractivity contribution < 1.29 is 14.7 Å². The standard InChI is InChI=1S/C13H24N2O3/c1-4-13(6-5-7-13)8-14-12(18)15-10(9(2)3)11(16)17/h9-10H,4-8H2,1-3H3,(H,16,17)(H2,14,15,18)/t10-/m0/s1. The van der Waals surface area contributed by atoms with E-state index in [1.165, 1.54) is 6.42 Å². The molecule has 0 spiro atoms. The van der Waals surface area contributed by atoms with E-state index in [0.717, 1.165) is 19.3 Å². The Labute approximate surface area is 108 Å². The molecular formula is C13H24N2O3. The number of hydrogen-bond donors (Lipinski definition) is 3. The summed E-state index contributed by atoms with van der Waals surface area (Å²) >= 11 is 0. The molecule has 5 heteroatoms. The predicted molar refractivity (Wildman–Crippen MR) is 69.4 cm³/mol. The monoisotopic (exact) mass is 256 g/mol. The maximum Gasteiger partial charge on any atom is 0.326 e. The van der Waals surface area contributed by atoms with Gasteiger partial charge in [-0.2, -0.15) is 0 Å². The van der Waals surface area contributed by atoms with Crippen LogP contribution >= 0.6 is 0 Å². The molecule has 1 aliphatic rings. The summed E-state index contributed by atoms with van der Waals surface area (Å²) in [6.45, 7) is 6.32. The van der Waals surface area contributed by atoms with Gasteiger partial charge in [0.1, 0.15) is 6.04 Å². The third-order valence-electron chi connectivity index (χ3n) is 4.01. The molecule has 0 bridgehead atoms. The molecule has 1 atom stereocenters. The average molecular weight is 256 g/mol. The van der Waals surface area contributed by atoms with E-state index < -0.39 is 12.0 Å². The van der Waals surface area contributed by atoms with Crippen molar-refractivity contribution in [2.24, 2.45) is 11.3 Å². The number of hydrogen-bond acceptors (Lipinski definition) is 2. The van der Waals surface area contributed by atoms with E-state index in [1.807, 2.05) is 0 Å². The van der Waals surface area contributed by atoms with Crippen LogP contribution in [0.3, 0.4) is 0 Å². The fraction of sp³-hybridized carbons (Fsp3) is 0.846. The van der Waals surface area contributed by atoms with Crippen LogP contribution < -0.4 is 10.6 Å². The highest BCUT2D eigenvalue weighted by molar-refractivity contribution is 5.82. The van der Waals surface area contributed by atoms with Crippen LogP contribution in [0.4, 0.5) is 4.79 Å². The lowest BCUT2D eigenvalue weighted by molar-refractivity contribution is -0.140. The van der Waals surface area contributed by atoms with Gasteiger partial charge in [-0.05, 0) is 30.6 Å². The SMILES string of the molecule is CCC1(CNC(=O)N[C@H](C(=O)O)C(C)C)CCC1. The summed E-state index contributed by atoms with van der Waals surface area (Å²) in [5.74, 6) is -1.12. The Morgan fingerprint density at radius 2 is 1.94 bits per heavy atom. The summed E-state index contributed by atoms with van der Waals surface area (Å²) in [7, 11) is 0. The van der Waals surface area contributed by atoms with Crippen LogP contribution in [0, 0.1) is 11.3 Å². The van der Waals surface area contributed by atoms with Crippen LogP contribution in [0.2, 0.25) is 0 Å². The van der Waals surface area contributed by atoms with Crippen LogP contribution in [0.1, 0.15) is 46.5 Å². The van der Waals surface area contributed by atoms with Gasteiger partial charge in [0.05, 0.1) is 0 Å². The normalized spacial score (nSPS) is 18.9. The quantitative estimate of drug-likeness (QED) is 0.680. The number of aliphatic carboxylic acids is 1. The van der Waals surface area contributed by atoms with Gasteiger partial charge in [0.2, 0.25) is 0 Å². The number of carboxylic acid groups (broad SMARTS) is 1. The summed E-state index contributed by atoms with van der Waals surface area (Å²) in [5.41, 5.74) is 0.244. The predicted octanol–water partition coefficient (Wildman–Crippen LogP) is 1.98. The Bertz CT molecular complexity index is 306. The zero-order valence-corrected chi connectivity index (χ0v) is 11.5. The van der Waals surface area contributed by atoms with Crippen LogP contribution in [0.15, 0.2) is 0 Å². The van der Waals surface area contributed by atoms with Gasteiger partial charge in [0.15, 0.2) is 0 Å². The second-order valence-electron chi connectivity index (χ2n) is 5.59. The minimum absolute atomic E-state index is 0.128. The van der Waals surface area contributed by atoms with Crippen molar-refractivity contribution in [1.82, 2.24) is 10.6 Å². The lowest BCUT2D eigenvalue weighted by Gasteiger charge is -2.41. The van der Waals surface area contributed by atoms with Gasteiger partial charge in [-0.3, -0.25) is 0 Å². The third-order valence-corrected chi connectivity index (χ3v) is 4.01. The Kier molecular flexibility index (Phi) is 4.99. The van der Waals surface area contributed by atoms with E-state index in [1.54, 1.807) is 13.8 Å². The molecule has 0 aromatic rings. The highest BCUT2D eigenvalue weighted by atomic mass is 16.4. The van der Waals surface area contributed by atoms with Crippen molar-refractivity contribution in [3.8, 4) is 0 Å². The van der Waals surface area contributed by atoms with Gasteiger partial charge < -0.3 is 15.7 Å². The topological polar surface area (TPSA) is 78.4 Å². The first-order chi connectivity index (χ1) is 8.40. The number of carboxylic acids is 1. The lowest BCUT2D eigenvalue weighted by atomic mass is 9.67. The van der Waals surface area contributed by atoms with Crippen molar-refractivity contribution in [2.75, 3.05) is 6.54 Å². The zero-order chi connectivity index (χ0) is 13.8. The zero-order valence-electron chi connectivity index (χ0n) is 11.5. The first-order valence-electron chi connectivity index (χ1n) is 6.67. The fourth-order valence-corrected chi connectivity index (χ4v) is 2.31. The smallest absolute Gasteiger partial charge is 0.326 e. The average Bonchev–Trinajstić information content (AvgIpc) is 2.24. The van der Waals surface area contributed by atoms with Gasteiger partial charge in [0, 0.05) is 6.54 Å². The molecule has 1 rings (SSSR count). The Balaban J connectivity index is 2.39. The van der Waals surface area contributed by atoms with Gasteiger partial charge in [-0.15, -0.1) is 0 Å². The number of carbonyl (C=O) groups is 2. The minimum atomic E-state index is -0.992. The van der Waals surface area contributed by atoms with Crippen LogP contribution in [-0.2, 0) is 4.79 Å². The maximum absolute atomic E-state index is 11.7. The molecule has 0 saturated heterocycles. The molecule has 3 N–H and O–H groups in total. The number of rotatable bonds is 6. The number of urea groups is 1. The molecule has 0 aromatic carbocycles. The van der Waals surface area contributed by atoms with E-state index in [4.69, 9.17) is 5.11 Å². The molecular weight excluding hydrogens is 232 g/mol. The van der Waals surface area contributed by atoms with E-state index >= 15 is 0 Å². The summed E-state index contributed by atoms with van der Waals surface area (Å²) in [4.78, 5) is 22.6. The van der Waals surface area contributed by atoms with E-state index in [-0.39, 0.29) is 17.4 Å². The molecule has 5 nitrogen and oxygen atoms in total. The van der Waals surface area contributed by atoms with Gasteiger partial charge in [-0.1, -0.05) is 27.2 Å². The molecule has 0 aliphatic heterocycles. The first kappa shape index (κ1) is 14.8. The van der Waals surface area contributed by atoms with Crippen molar-refractivity contribution >= 4 is 12.0 Å². The van der Waals surface area contributed by atoms with E-state index in [0.29, 0.717) is 6.54 Å². The molecule has 2 amide bonds. The second kappa shape index (κ2) is 6.07. The maximum atomic E-state index is 11.7. The summed E-state index contributed by atoms with van der Waals surface area (Å²) < 4.78 is 0. The third kappa shape index (κ3) is 3.62. The fourth-order valence-electron chi connectivity index (χ4n) is 2.31. The molecule has 1 saturated carbocycles. The highest BCUT2D eigenvalue weighted by Gasteiger charge is 2.35. The molecule has 0 aromatic heterocycles. The van der Waals surface area contributed by atoms with Crippen LogP contribution in [0.5, 0.6) is 0 Å². The van der Waals surface area contributed by atoms with Gasteiger partial charge in [0.25, 0.3) is 0 Å². The van der Waals surface area contributed by atoms with Crippen molar-refractivity contribution in [2.45, 2.75) is 52.5 Å². The van der Waals surface area contributed by atoms with E-state index in [9.17, 15) is 9.59 Å². The summed E-state index contributed by atoms with van der Waals surface area (Å²) in [6.07, 6.45) is 4.58. The number of carbonyl (C=O) groups excluding carboxylic acids is 1. The van der Waals surface area contributed by atoms with E-state index in [2.05, 4.69) is 17.6 Å². The van der Waals surface area contributed by atoms with Crippen LogP contribution in [0.25, 0.3) is 0 Å². The molecule has 0 heterocycles. The minimum Gasteiger partial charge on any atom is -0.480 e. The lowest BCUT2D eigenvalue weighted by Crippen LogP contribution is -2.51. The van der Waals surface area contributed by atoms with Crippen molar-refractivity contribution in [3.63, 3.8) is 0 Å². The van der Waals surface area contributed by atoms with Crippen molar-refractivity contribution in [1.29, 1.82) is 0 Å². The molecule has 1 fully saturated rings. The van der Waals surface area contributed by atoms with Gasteiger partial charge in [-0.25, -0.2) is 9.59 Å². The Morgan fingerprint density at radius 3 is 2.28 bits per heavy atom. The molecule has 18 heavy (non-hydrogen) atoms. The largest absolute Gasteiger partial charge is 0.480 e.